The molecule has 2 N–H and O–H groups in total. The van der Waals surface area contributed by atoms with Crippen LogP contribution in [0.3, 0.4) is 0 Å². The van der Waals surface area contributed by atoms with Gasteiger partial charge in [0.25, 0.3) is 5.91 Å². The van der Waals surface area contributed by atoms with Crippen LogP contribution in [0.4, 0.5) is 16.2 Å². The summed E-state index contributed by atoms with van der Waals surface area (Å²) in [6.45, 7) is 2.98. The number of carbonyl (C=O) groups is 2. The van der Waals surface area contributed by atoms with E-state index in [1.807, 2.05) is 61.5 Å². The average Bonchev–Trinajstić information content (AvgIpc) is 3.26. The third-order valence-corrected chi connectivity index (χ3v) is 6.35. The predicted molar refractivity (Wildman–Crippen MR) is 136 cm³/mol. The van der Waals surface area contributed by atoms with Crippen molar-refractivity contribution in [3.8, 4) is 17.6 Å². The third-order valence-electron chi connectivity index (χ3n) is 6.35. The van der Waals surface area contributed by atoms with Crippen molar-refractivity contribution in [2.75, 3.05) is 31.5 Å². The number of aromatic nitrogens is 2. The number of para-hydroxylation sites is 1. The summed E-state index contributed by atoms with van der Waals surface area (Å²) in [5.74, 6) is 1.21. The van der Waals surface area contributed by atoms with Crippen molar-refractivity contribution in [1.82, 2.24) is 19.4 Å². The lowest BCUT2D eigenvalue weighted by atomic mass is 10.1. The largest absolute Gasteiger partial charge is 0.465 e. The van der Waals surface area contributed by atoms with Crippen molar-refractivity contribution in [3.63, 3.8) is 0 Å². The first-order chi connectivity index (χ1) is 17.9. The molecular weight excluding hydrogens is 472 g/mol. The number of nitriles is 1. The molecule has 0 saturated carbocycles. The molecule has 2 amide bonds. The van der Waals surface area contributed by atoms with Crippen LogP contribution >= 0.6 is 0 Å². The molecule has 2 aromatic heterocycles. The second kappa shape index (κ2) is 9.91. The molecule has 1 aliphatic rings. The van der Waals surface area contributed by atoms with Gasteiger partial charge in [0.15, 0.2) is 0 Å². The highest BCUT2D eigenvalue weighted by Crippen LogP contribution is 2.32. The van der Waals surface area contributed by atoms with Crippen LogP contribution in [0.5, 0.6) is 11.5 Å². The number of ether oxygens (including phenoxy) is 1. The Bertz CT molecular complexity index is 1500. The number of hydrogen-bond donors (Lipinski definition) is 2. The summed E-state index contributed by atoms with van der Waals surface area (Å²) in [5, 5.41) is 26.6. The Morgan fingerprint density at radius 3 is 2.30 bits per heavy atom. The van der Waals surface area contributed by atoms with E-state index in [0.29, 0.717) is 46.7 Å². The normalized spacial score (nSPS) is 13.3. The van der Waals surface area contributed by atoms with Crippen molar-refractivity contribution in [3.05, 3.63) is 83.7 Å². The van der Waals surface area contributed by atoms with Crippen molar-refractivity contribution in [2.24, 2.45) is 0 Å². The number of piperazine rings is 1. The number of benzene rings is 2. The number of nitrogens with one attached hydrogen (secondary N) is 1. The van der Waals surface area contributed by atoms with Crippen molar-refractivity contribution >= 4 is 28.9 Å². The average molecular weight is 497 g/mol. The highest BCUT2D eigenvalue weighted by molar-refractivity contribution is 6.00. The van der Waals surface area contributed by atoms with E-state index >= 15 is 0 Å². The van der Waals surface area contributed by atoms with E-state index in [2.05, 4.69) is 16.5 Å². The van der Waals surface area contributed by atoms with E-state index in [1.54, 1.807) is 15.6 Å². The van der Waals surface area contributed by atoms with Gasteiger partial charge in [0.1, 0.15) is 17.6 Å². The van der Waals surface area contributed by atoms with E-state index in [9.17, 15) is 20.0 Å². The molecule has 37 heavy (non-hydrogen) atoms. The van der Waals surface area contributed by atoms with Gasteiger partial charge in [0.05, 0.1) is 28.5 Å². The molecule has 10 heteroatoms. The lowest BCUT2D eigenvalue weighted by Gasteiger charge is -2.33. The molecule has 1 fully saturated rings. The molecule has 0 aliphatic carbocycles. The molecule has 3 heterocycles. The monoisotopic (exact) mass is 496 g/mol. The van der Waals surface area contributed by atoms with Crippen LogP contribution in [-0.4, -0.2) is 62.7 Å². The van der Waals surface area contributed by atoms with Crippen molar-refractivity contribution in [2.45, 2.75) is 6.92 Å². The standard InChI is InChI=1S/C27H24N6O4/c1-18-23(26(34)31-11-13-32(14-12-31)27(35)36)17-33-25(18)24(19(15-28)16-29-33)30-20-7-9-22(10-8-20)37-21-5-3-2-4-6-21/h2-10,16-17,30H,11-14H2,1H3,(H,35,36). The Hall–Kier alpha value is -5.04. The smallest absolute Gasteiger partial charge is 0.407 e. The van der Waals surface area contributed by atoms with Gasteiger partial charge < -0.3 is 25.0 Å². The van der Waals surface area contributed by atoms with E-state index in [4.69, 9.17) is 4.74 Å². The highest BCUT2D eigenvalue weighted by atomic mass is 16.5. The first kappa shape index (κ1) is 23.7. The van der Waals surface area contributed by atoms with Gasteiger partial charge in [-0.15, -0.1) is 0 Å². The zero-order valence-corrected chi connectivity index (χ0v) is 20.1. The van der Waals surface area contributed by atoms with Gasteiger partial charge in [-0.3, -0.25) is 4.79 Å². The molecule has 0 bridgehead atoms. The molecule has 4 aromatic rings. The molecular formula is C27H24N6O4. The molecule has 0 atom stereocenters. The minimum Gasteiger partial charge on any atom is -0.465 e. The maximum absolute atomic E-state index is 13.3. The molecule has 0 spiro atoms. The van der Waals surface area contributed by atoms with Crippen LogP contribution in [0, 0.1) is 18.3 Å². The van der Waals surface area contributed by atoms with Crippen LogP contribution in [0.1, 0.15) is 21.5 Å². The molecule has 2 aromatic carbocycles. The van der Waals surface area contributed by atoms with E-state index < -0.39 is 6.09 Å². The van der Waals surface area contributed by atoms with Crippen molar-refractivity contribution in [1.29, 1.82) is 5.26 Å². The van der Waals surface area contributed by atoms with Gasteiger partial charge in [-0.2, -0.15) is 10.4 Å². The van der Waals surface area contributed by atoms with Gasteiger partial charge in [0.2, 0.25) is 0 Å². The Balaban J connectivity index is 1.41. The Morgan fingerprint density at radius 2 is 1.65 bits per heavy atom. The fourth-order valence-corrected chi connectivity index (χ4v) is 4.36. The second-order valence-electron chi connectivity index (χ2n) is 8.63. The van der Waals surface area contributed by atoms with Crippen LogP contribution in [0.2, 0.25) is 0 Å². The summed E-state index contributed by atoms with van der Waals surface area (Å²) < 4.78 is 7.44. The third kappa shape index (κ3) is 4.75. The number of carbonyl (C=O) groups excluding carboxylic acids is 1. The number of rotatable bonds is 5. The fraction of sp³-hybridized carbons (Fsp3) is 0.185. The van der Waals surface area contributed by atoms with Crippen LogP contribution < -0.4 is 10.1 Å². The number of anilines is 2. The van der Waals surface area contributed by atoms with Crippen LogP contribution in [0.25, 0.3) is 5.52 Å². The molecule has 5 rings (SSSR count). The van der Waals surface area contributed by atoms with E-state index in [1.165, 1.54) is 11.1 Å². The maximum Gasteiger partial charge on any atom is 0.407 e. The zero-order valence-electron chi connectivity index (χ0n) is 20.1. The Morgan fingerprint density at radius 1 is 1.00 bits per heavy atom. The molecule has 186 valence electrons. The molecule has 1 saturated heterocycles. The predicted octanol–water partition coefficient (Wildman–Crippen LogP) is 4.49. The Kier molecular flexibility index (Phi) is 6.34. The fourth-order valence-electron chi connectivity index (χ4n) is 4.36. The van der Waals surface area contributed by atoms with E-state index in [-0.39, 0.29) is 19.0 Å². The van der Waals surface area contributed by atoms with Gasteiger partial charge in [0, 0.05) is 38.1 Å². The van der Waals surface area contributed by atoms with Gasteiger partial charge in [-0.1, -0.05) is 18.2 Å². The topological polar surface area (TPSA) is 123 Å². The van der Waals surface area contributed by atoms with Gasteiger partial charge >= 0.3 is 6.09 Å². The number of aryl methyl sites for hydroxylation is 1. The number of hydrogen-bond acceptors (Lipinski definition) is 6. The number of fused-ring (bicyclic) bond motifs is 1. The lowest BCUT2D eigenvalue weighted by molar-refractivity contribution is 0.0624. The minimum absolute atomic E-state index is 0.195. The lowest BCUT2D eigenvalue weighted by Crippen LogP contribution is -2.50. The van der Waals surface area contributed by atoms with Gasteiger partial charge in [-0.25, -0.2) is 9.31 Å². The quantitative estimate of drug-likeness (QED) is 0.417. The van der Waals surface area contributed by atoms with Crippen molar-refractivity contribution < 1.29 is 19.4 Å². The SMILES string of the molecule is Cc1c(C(=O)N2CCN(C(=O)O)CC2)cn2ncc(C#N)c(Nc3ccc(Oc4ccccc4)cc3)c12. The van der Waals surface area contributed by atoms with Crippen LogP contribution in [0.15, 0.2) is 67.0 Å². The summed E-state index contributed by atoms with van der Waals surface area (Å²) in [7, 11) is 0. The first-order valence-corrected chi connectivity index (χ1v) is 11.7. The maximum atomic E-state index is 13.3. The zero-order chi connectivity index (χ0) is 25.9. The molecule has 10 nitrogen and oxygen atoms in total. The first-order valence-electron chi connectivity index (χ1n) is 11.7. The minimum atomic E-state index is -0.985. The second-order valence-corrected chi connectivity index (χ2v) is 8.63. The number of carboxylic acid groups (broad SMARTS) is 1. The molecule has 1 aliphatic heterocycles. The highest BCUT2D eigenvalue weighted by Gasteiger charge is 2.27. The summed E-state index contributed by atoms with van der Waals surface area (Å²) >= 11 is 0. The summed E-state index contributed by atoms with van der Waals surface area (Å²) in [6.07, 6.45) is 2.13. The summed E-state index contributed by atoms with van der Waals surface area (Å²) in [6, 6.07) is 19.0. The molecule has 0 unspecified atom stereocenters. The van der Waals surface area contributed by atoms with E-state index in [0.717, 1.165) is 11.4 Å². The number of nitrogens with zero attached hydrogens (tertiary/aromatic N) is 5. The summed E-state index contributed by atoms with van der Waals surface area (Å²) in [5.41, 5.74) is 3.39. The van der Waals surface area contributed by atoms with Gasteiger partial charge in [-0.05, 0) is 48.9 Å². The van der Waals surface area contributed by atoms with Crippen LogP contribution in [-0.2, 0) is 0 Å². The number of amides is 2. The summed E-state index contributed by atoms with van der Waals surface area (Å²) in [4.78, 5) is 27.4. The Labute approximate surface area is 212 Å². The molecule has 0 radical (unpaired) electrons.